The molecule has 0 spiro atoms. The van der Waals surface area contributed by atoms with E-state index >= 15 is 0 Å². The largest absolute Gasteiger partial charge is 0.497 e. The molecule has 4 rings (SSSR count). The van der Waals surface area contributed by atoms with Gasteiger partial charge in [0.2, 0.25) is 5.95 Å². The molecular weight excluding hydrogens is 406 g/mol. The van der Waals surface area contributed by atoms with Gasteiger partial charge >= 0.3 is 0 Å². The van der Waals surface area contributed by atoms with Gasteiger partial charge in [0.15, 0.2) is 0 Å². The average molecular weight is 429 g/mol. The van der Waals surface area contributed by atoms with Gasteiger partial charge in [0.1, 0.15) is 11.6 Å². The normalized spacial score (nSPS) is 10.6. The molecule has 0 atom stereocenters. The standard InChI is InChI=1S/C23H23N7O2/c1-15-13-21(29-17-4-6-18(32-2)7-5-17)30-23(28-15)27-12-11-26-22(31)16-3-8-19-20(14-16)25-10-9-24-19/h3-10,13-14H,11-12H2,1-2H3,(H,26,31)(H2,27,28,29,30). The Balaban J connectivity index is 1.31. The zero-order chi connectivity index (χ0) is 22.3. The maximum absolute atomic E-state index is 12.4. The van der Waals surface area contributed by atoms with Crippen LogP contribution in [0.4, 0.5) is 17.5 Å². The van der Waals surface area contributed by atoms with Gasteiger partial charge in [-0.3, -0.25) is 14.8 Å². The summed E-state index contributed by atoms with van der Waals surface area (Å²) >= 11 is 0. The molecule has 3 N–H and O–H groups in total. The van der Waals surface area contributed by atoms with Crippen LogP contribution in [-0.2, 0) is 0 Å². The Kier molecular flexibility index (Phi) is 6.35. The lowest BCUT2D eigenvalue weighted by molar-refractivity contribution is 0.0955. The van der Waals surface area contributed by atoms with Gasteiger partial charge in [-0.05, 0) is 49.4 Å². The van der Waals surface area contributed by atoms with Crippen LogP contribution in [0.5, 0.6) is 5.75 Å². The summed E-state index contributed by atoms with van der Waals surface area (Å²) in [5.41, 5.74) is 3.68. The predicted octanol–water partition coefficient (Wildman–Crippen LogP) is 3.32. The summed E-state index contributed by atoms with van der Waals surface area (Å²) in [7, 11) is 1.63. The molecule has 0 aliphatic rings. The van der Waals surface area contributed by atoms with Crippen molar-refractivity contribution in [2.24, 2.45) is 0 Å². The van der Waals surface area contributed by atoms with Gasteiger partial charge in [0.05, 0.1) is 18.1 Å². The Hall–Kier alpha value is -4.27. The van der Waals surface area contributed by atoms with Crippen molar-refractivity contribution in [1.29, 1.82) is 0 Å². The Bertz CT molecular complexity index is 1230. The maximum atomic E-state index is 12.4. The number of carbonyl (C=O) groups is 1. The minimum Gasteiger partial charge on any atom is -0.497 e. The molecule has 4 aromatic rings. The third-order valence-electron chi connectivity index (χ3n) is 4.64. The second kappa shape index (κ2) is 9.69. The Morgan fingerprint density at radius 2 is 1.72 bits per heavy atom. The van der Waals surface area contributed by atoms with Crippen LogP contribution in [0.15, 0.2) is 60.9 Å². The van der Waals surface area contributed by atoms with Crippen molar-refractivity contribution in [3.8, 4) is 5.75 Å². The number of fused-ring (bicyclic) bond motifs is 1. The van der Waals surface area contributed by atoms with Crippen LogP contribution in [-0.4, -0.2) is 46.0 Å². The van der Waals surface area contributed by atoms with E-state index in [4.69, 9.17) is 4.74 Å². The maximum Gasteiger partial charge on any atom is 0.251 e. The molecule has 1 amide bonds. The number of aryl methyl sites for hydroxylation is 1. The second-order valence-corrected chi connectivity index (χ2v) is 7.01. The van der Waals surface area contributed by atoms with Gasteiger partial charge < -0.3 is 20.7 Å². The molecule has 0 aliphatic heterocycles. The first-order valence-electron chi connectivity index (χ1n) is 10.1. The number of amides is 1. The van der Waals surface area contributed by atoms with Crippen molar-refractivity contribution in [2.45, 2.75) is 6.92 Å². The highest BCUT2D eigenvalue weighted by Gasteiger charge is 2.07. The first kappa shape index (κ1) is 21.0. The number of nitrogens with zero attached hydrogens (tertiary/aromatic N) is 4. The van der Waals surface area contributed by atoms with Crippen LogP contribution in [0.25, 0.3) is 11.0 Å². The van der Waals surface area contributed by atoms with E-state index in [2.05, 4.69) is 35.9 Å². The highest BCUT2D eigenvalue weighted by atomic mass is 16.5. The summed E-state index contributed by atoms with van der Waals surface area (Å²) in [6.07, 6.45) is 3.23. The van der Waals surface area contributed by atoms with Gasteiger partial charge in [0.25, 0.3) is 5.91 Å². The first-order chi connectivity index (χ1) is 15.6. The predicted molar refractivity (Wildman–Crippen MR) is 123 cm³/mol. The fourth-order valence-corrected chi connectivity index (χ4v) is 3.09. The number of carbonyl (C=O) groups excluding carboxylic acids is 1. The Morgan fingerprint density at radius 1 is 0.938 bits per heavy atom. The van der Waals surface area contributed by atoms with Gasteiger partial charge in [-0.15, -0.1) is 0 Å². The molecule has 32 heavy (non-hydrogen) atoms. The number of anilines is 3. The van der Waals surface area contributed by atoms with Crippen molar-refractivity contribution < 1.29 is 9.53 Å². The molecule has 0 unspecified atom stereocenters. The fourth-order valence-electron chi connectivity index (χ4n) is 3.09. The molecule has 2 heterocycles. The van der Waals surface area contributed by atoms with E-state index in [1.165, 1.54) is 0 Å². The zero-order valence-corrected chi connectivity index (χ0v) is 17.8. The van der Waals surface area contributed by atoms with Gasteiger partial charge in [-0.1, -0.05) is 0 Å². The molecule has 0 fully saturated rings. The fraction of sp³-hybridized carbons (Fsp3) is 0.174. The molecule has 9 nitrogen and oxygen atoms in total. The Labute approximate surface area is 185 Å². The van der Waals surface area contributed by atoms with Crippen LogP contribution >= 0.6 is 0 Å². The first-order valence-corrected chi connectivity index (χ1v) is 10.1. The van der Waals surface area contributed by atoms with Crippen LogP contribution in [0.3, 0.4) is 0 Å². The zero-order valence-electron chi connectivity index (χ0n) is 17.8. The number of hydrogen-bond donors (Lipinski definition) is 3. The van der Waals surface area contributed by atoms with Crippen LogP contribution < -0.4 is 20.7 Å². The summed E-state index contributed by atoms with van der Waals surface area (Å²) in [5.74, 6) is 1.77. The van der Waals surface area contributed by atoms with Gasteiger partial charge in [0, 0.05) is 48.5 Å². The quantitative estimate of drug-likeness (QED) is 0.366. The number of methoxy groups -OCH3 is 1. The van der Waals surface area contributed by atoms with Gasteiger partial charge in [-0.25, -0.2) is 4.98 Å². The summed E-state index contributed by atoms with van der Waals surface area (Å²) in [5, 5.41) is 9.28. The number of rotatable bonds is 8. The topological polar surface area (TPSA) is 114 Å². The molecule has 2 aromatic carbocycles. The van der Waals surface area contributed by atoms with E-state index in [1.54, 1.807) is 37.7 Å². The summed E-state index contributed by atoms with van der Waals surface area (Å²) < 4.78 is 5.18. The van der Waals surface area contributed by atoms with E-state index in [9.17, 15) is 4.79 Å². The lowest BCUT2D eigenvalue weighted by atomic mass is 10.2. The number of nitrogens with one attached hydrogen (secondary N) is 3. The average Bonchev–Trinajstić information content (AvgIpc) is 2.81. The van der Waals surface area contributed by atoms with Gasteiger partial charge in [-0.2, -0.15) is 4.98 Å². The van der Waals surface area contributed by atoms with E-state index in [0.29, 0.717) is 35.9 Å². The molecule has 2 aromatic heterocycles. The molecule has 0 saturated carbocycles. The second-order valence-electron chi connectivity index (χ2n) is 7.01. The molecule has 9 heteroatoms. The Morgan fingerprint density at radius 3 is 2.50 bits per heavy atom. The molecule has 162 valence electrons. The van der Waals surface area contributed by atoms with Crippen LogP contribution in [0, 0.1) is 6.92 Å². The van der Waals surface area contributed by atoms with Crippen molar-refractivity contribution in [3.05, 3.63) is 72.2 Å². The molecule has 0 saturated heterocycles. The number of benzene rings is 2. The van der Waals surface area contributed by atoms with E-state index in [1.807, 2.05) is 37.3 Å². The third kappa shape index (κ3) is 5.25. The number of hydrogen-bond acceptors (Lipinski definition) is 8. The van der Waals surface area contributed by atoms with E-state index in [-0.39, 0.29) is 5.91 Å². The minimum atomic E-state index is -0.175. The SMILES string of the molecule is COc1ccc(Nc2cc(C)nc(NCCNC(=O)c3ccc4nccnc4c3)n2)cc1. The molecular formula is C23H23N7O2. The number of ether oxygens (including phenoxy) is 1. The minimum absolute atomic E-state index is 0.175. The lowest BCUT2D eigenvalue weighted by Crippen LogP contribution is -2.29. The molecule has 0 aliphatic carbocycles. The highest BCUT2D eigenvalue weighted by molar-refractivity contribution is 5.97. The summed E-state index contributed by atoms with van der Waals surface area (Å²) in [6.45, 7) is 2.79. The van der Waals surface area contributed by atoms with Crippen LogP contribution in [0.2, 0.25) is 0 Å². The van der Waals surface area contributed by atoms with E-state index in [0.717, 1.165) is 22.6 Å². The smallest absolute Gasteiger partial charge is 0.251 e. The van der Waals surface area contributed by atoms with Crippen molar-refractivity contribution in [1.82, 2.24) is 25.3 Å². The van der Waals surface area contributed by atoms with Crippen molar-refractivity contribution in [3.63, 3.8) is 0 Å². The summed E-state index contributed by atoms with van der Waals surface area (Å²) in [6, 6.07) is 14.7. The molecule has 0 bridgehead atoms. The summed E-state index contributed by atoms with van der Waals surface area (Å²) in [4.78, 5) is 29.8. The monoisotopic (exact) mass is 429 g/mol. The van der Waals surface area contributed by atoms with E-state index < -0.39 is 0 Å². The third-order valence-corrected chi connectivity index (χ3v) is 4.64. The van der Waals surface area contributed by atoms with Crippen LogP contribution in [0.1, 0.15) is 16.1 Å². The van der Waals surface area contributed by atoms with Crippen molar-refractivity contribution >= 4 is 34.4 Å². The number of aromatic nitrogens is 4. The molecule has 0 radical (unpaired) electrons. The van der Waals surface area contributed by atoms with Crippen molar-refractivity contribution in [2.75, 3.05) is 30.8 Å². The highest BCUT2D eigenvalue weighted by Crippen LogP contribution is 2.20. The lowest BCUT2D eigenvalue weighted by Gasteiger charge is -2.11.